The summed E-state index contributed by atoms with van der Waals surface area (Å²) in [6.07, 6.45) is 4.87. The molecule has 3 N–H and O–H groups in total. The van der Waals surface area contributed by atoms with Crippen LogP contribution in [0.2, 0.25) is 0 Å². The minimum atomic E-state index is -0.0991. The summed E-state index contributed by atoms with van der Waals surface area (Å²) >= 11 is 0. The number of nitrogens with one attached hydrogen (secondary N) is 3. The van der Waals surface area contributed by atoms with Crippen LogP contribution in [0.1, 0.15) is 32.6 Å². The molecule has 6 heteroatoms. The number of rotatable bonds is 7. The molecule has 0 aromatic heterocycles. The highest BCUT2D eigenvalue weighted by Gasteiger charge is 2.14. The molecule has 1 heterocycles. The standard InChI is InChI=1S/C19H30N4O2/c1-15(13-20-2)19(25)22-17-9-7-16(8-10-17)21-18(24)14-23-11-5-3-4-6-12-23/h7-10,15,20H,3-6,11-14H2,1-2H3,(H,21,24)(H,22,25). The summed E-state index contributed by atoms with van der Waals surface area (Å²) in [5.41, 5.74) is 1.49. The second kappa shape index (κ2) is 10.2. The van der Waals surface area contributed by atoms with Crippen molar-refractivity contribution in [1.29, 1.82) is 0 Å². The van der Waals surface area contributed by atoms with E-state index in [1.807, 2.05) is 38.2 Å². The fourth-order valence-electron chi connectivity index (χ4n) is 3.00. The fraction of sp³-hybridized carbons (Fsp3) is 0.579. The molecule has 1 fully saturated rings. The van der Waals surface area contributed by atoms with Gasteiger partial charge in [-0.3, -0.25) is 14.5 Å². The predicted octanol–water partition coefficient (Wildman–Crippen LogP) is 2.30. The quantitative estimate of drug-likeness (QED) is 0.708. The van der Waals surface area contributed by atoms with Crippen molar-refractivity contribution in [3.05, 3.63) is 24.3 Å². The summed E-state index contributed by atoms with van der Waals surface area (Å²) in [5.74, 6) is -0.105. The average Bonchev–Trinajstić information content (AvgIpc) is 2.85. The number of benzene rings is 1. The first-order chi connectivity index (χ1) is 12.1. The number of carbonyl (C=O) groups excluding carboxylic acids is 2. The number of carbonyl (C=O) groups is 2. The van der Waals surface area contributed by atoms with Gasteiger partial charge in [-0.2, -0.15) is 0 Å². The van der Waals surface area contributed by atoms with Crippen LogP contribution in [0.15, 0.2) is 24.3 Å². The van der Waals surface area contributed by atoms with E-state index in [0.717, 1.165) is 24.5 Å². The van der Waals surface area contributed by atoms with Crippen molar-refractivity contribution in [2.24, 2.45) is 5.92 Å². The molecule has 0 radical (unpaired) electrons. The Morgan fingerprint density at radius 2 is 1.56 bits per heavy atom. The van der Waals surface area contributed by atoms with Crippen LogP contribution >= 0.6 is 0 Å². The molecule has 1 atom stereocenters. The molecule has 0 aliphatic carbocycles. The molecule has 138 valence electrons. The van der Waals surface area contributed by atoms with E-state index in [-0.39, 0.29) is 17.7 Å². The molecule has 1 aromatic rings. The van der Waals surface area contributed by atoms with Crippen molar-refractivity contribution in [2.45, 2.75) is 32.6 Å². The third-order valence-corrected chi connectivity index (χ3v) is 4.46. The topological polar surface area (TPSA) is 73.5 Å². The van der Waals surface area contributed by atoms with Gasteiger partial charge in [0.15, 0.2) is 0 Å². The lowest BCUT2D eigenvalue weighted by atomic mass is 10.1. The SMILES string of the molecule is CNCC(C)C(=O)Nc1ccc(NC(=O)CN2CCCCCC2)cc1. The number of hydrogen-bond acceptors (Lipinski definition) is 4. The maximum atomic E-state index is 12.2. The Hall–Kier alpha value is -1.92. The van der Waals surface area contributed by atoms with Crippen LogP contribution in [-0.2, 0) is 9.59 Å². The maximum absolute atomic E-state index is 12.2. The van der Waals surface area contributed by atoms with Crippen molar-refractivity contribution in [3.63, 3.8) is 0 Å². The second-order valence-corrected chi connectivity index (χ2v) is 6.76. The third kappa shape index (κ3) is 6.84. The molecule has 6 nitrogen and oxygen atoms in total. The maximum Gasteiger partial charge on any atom is 0.238 e. The number of anilines is 2. The molecular formula is C19H30N4O2. The summed E-state index contributed by atoms with van der Waals surface area (Å²) in [6.45, 7) is 4.96. The smallest absolute Gasteiger partial charge is 0.238 e. The Morgan fingerprint density at radius 3 is 2.12 bits per heavy atom. The molecule has 0 spiro atoms. The van der Waals surface area contributed by atoms with Gasteiger partial charge in [-0.15, -0.1) is 0 Å². The number of likely N-dealkylation sites (tertiary alicyclic amines) is 1. The van der Waals surface area contributed by atoms with Crippen LogP contribution in [0.4, 0.5) is 11.4 Å². The van der Waals surface area contributed by atoms with Crippen molar-refractivity contribution < 1.29 is 9.59 Å². The van der Waals surface area contributed by atoms with E-state index in [2.05, 4.69) is 20.9 Å². The summed E-state index contributed by atoms with van der Waals surface area (Å²) in [4.78, 5) is 26.4. The first-order valence-electron chi connectivity index (χ1n) is 9.16. The summed E-state index contributed by atoms with van der Waals surface area (Å²) < 4.78 is 0. The van der Waals surface area contributed by atoms with E-state index < -0.39 is 0 Å². The largest absolute Gasteiger partial charge is 0.326 e. The highest BCUT2D eigenvalue weighted by Crippen LogP contribution is 2.15. The first kappa shape index (κ1) is 19.4. The van der Waals surface area contributed by atoms with Gasteiger partial charge in [0, 0.05) is 23.8 Å². The fourth-order valence-corrected chi connectivity index (χ4v) is 3.00. The van der Waals surface area contributed by atoms with E-state index in [0.29, 0.717) is 13.1 Å². The normalized spacial score (nSPS) is 16.7. The van der Waals surface area contributed by atoms with E-state index in [9.17, 15) is 9.59 Å². The van der Waals surface area contributed by atoms with Gasteiger partial charge in [0.2, 0.25) is 11.8 Å². The van der Waals surface area contributed by atoms with Gasteiger partial charge in [-0.1, -0.05) is 19.8 Å². The lowest BCUT2D eigenvalue weighted by Crippen LogP contribution is -2.33. The lowest BCUT2D eigenvalue weighted by molar-refractivity contribution is -0.119. The molecule has 1 aliphatic heterocycles. The monoisotopic (exact) mass is 346 g/mol. The average molecular weight is 346 g/mol. The summed E-state index contributed by atoms with van der Waals surface area (Å²) in [6, 6.07) is 7.26. The van der Waals surface area contributed by atoms with Crippen LogP contribution in [0.3, 0.4) is 0 Å². The van der Waals surface area contributed by atoms with E-state index in [1.165, 1.54) is 25.7 Å². The van der Waals surface area contributed by atoms with E-state index in [1.54, 1.807) is 0 Å². The molecule has 0 bridgehead atoms. The Bertz CT molecular complexity index is 551. The minimum Gasteiger partial charge on any atom is -0.326 e. The highest BCUT2D eigenvalue weighted by atomic mass is 16.2. The van der Waals surface area contributed by atoms with Gasteiger partial charge in [-0.05, 0) is 57.2 Å². The van der Waals surface area contributed by atoms with Crippen molar-refractivity contribution in [3.8, 4) is 0 Å². The predicted molar refractivity (Wildman–Crippen MR) is 102 cm³/mol. The van der Waals surface area contributed by atoms with Gasteiger partial charge < -0.3 is 16.0 Å². The first-order valence-corrected chi connectivity index (χ1v) is 9.16. The van der Waals surface area contributed by atoms with Crippen molar-refractivity contribution in [2.75, 3.05) is 43.9 Å². The van der Waals surface area contributed by atoms with E-state index in [4.69, 9.17) is 0 Å². The number of hydrogen-bond donors (Lipinski definition) is 3. The van der Waals surface area contributed by atoms with E-state index >= 15 is 0 Å². The van der Waals surface area contributed by atoms with Crippen molar-refractivity contribution >= 4 is 23.2 Å². The second-order valence-electron chi connectivity index (χ2n) is 6.76. The molecule has 25 heavy (non-hydrogen) atoms. The third-order valence-electron chi connectivity index (χ3n) is 4.46. The molecule has 1 aliphatic rings. The van der Waals surface area contributed by atoms with Crippen LogP contribution in [-0.4, -0.2) is 49.9 Å². The van der Waals surface area contributed by atoms with Crippen LogP contribution in [0.5, 0.6) is 0 Å². The van der Waals surface area contributed by atoms with Crippen LogP contribution in [0, 0.1) is 5.92 Å². The number of amides is 2. The van der Waals surface area contributed by atoms with Gasteiger partial charge in [0.25, 0.3) is 0 Å². The molecule has 0 saturated carbocycles. The zero-order valence-electron chi connectivity index (χ0n) is 15.3. The number of nitrogens with zero attached hydrogens (tertiary/aromatic N) is 1. The zero-order valence-corrected chi connectivity index (χ0v) is 15.3. The Morgan fingerprint density at radius 1 is 1.00 bits per heavy atom. The Labute approximate surface area is 150 Å². The zero-order chi connectivity index (χ0) is 18.1. The molecule has 1 saturated heterocycles. The van der Waals surface area contributed by atoms with Gasteiger partial charge >= 0.3 is 0 Å². The molecule has 2 amide bonds. The van der Waals surface area contributed by atoms with Crippen LogP contribution in [0.25, 0.3) is 0 Å². The highest BCUT2D eigenvalue weighted by molar-refractivity contribution is 5.94. The summed E-state index contributed by atoms with van der Waals surface area (Å²) in [7, 11) is 1.83. The van der Waals surface area contributed by atoms with Gasteiger partial charge in [0.1, 0.15) is 0 Å². The van der Waals surface area contributed by atoms with Gasteiger partial charge in [-0.25, -0.2) is 0 Å². The Kier molecular flexibility index (Phi) is 7.88. The minimum absolute atomic E-state index is 0.0151. The van der Waals surface area contributed by atoms with Crippen LogP contribution < -0.4 is 16.0 Å². The molecule has 1 aromatic carbocycles. The molecular weight excluding hydrogens is 316 g/mol. The van der Waals surface area contributed by atoms with Gasteiger partial charge in [0.05, 0.1) is 6.54 Å². The molecule has 1 unspecified atom stereocenters. The molecule has 2 rings (SSSR count). The van der Waals surface area contributed by atoms with Crippen molar-refractivity contribution in [1.82, 2.24) is 10.2 Å². The lowest BCUT2D eigenvalue weighted by Gasteiger charge is -2.19. The Balaban J connectivity index is 1.81. The summed E-state index contributed by atoms with van der Waals surface area (Å²) in [5, 5.41) is 8.80.